The van der Waals surface area contributed by atoms with Gasteiger partial charge in [0.2, 0.25) is 10.0 Å². The Kier molecular flexibility index (Phi) is 6.58. The average molecular weight is 334 g/mol. The first-order chi connectivity index (χ1) is 10.9. The first-order valence-electron chi connectivity index (χ1n) is 6.71. The first-order valence-corrected chi connectivity index (χ1v) is 8.20. The van der Waals surface area contributed by atoms with Crippen LogP contribution in [-0.4, -0.2) is 40.6 Å². The molecule has 8 heteroatoms. The van der Waals surface area contributed by atoms with Crippen molar-refractivity contribution < 1.29 is 13.2 Å². The third-order valence-electron chi connectivity index (χ3n) is 3.27. The van der Waals surface area contributed by atoms with Crippen molar-refractivity contribution in [1.29, 1.82) is 10.5 Å². The summed E-state index contributed by atoms with van der Waals surface area (Å²) in [5.41, 5.74) is 0.504. The Morgan fingerprint density at radius 2 is 1.83 bits per heavy atom. The van der Waals surface area contributed by atoms with Gasteiger partial charge in [0.25, 0.3) is 0 Å². The van der Waals surface area contributed by atoms with Gasteiger partial charge in [-0.3, -0.25) is 0 Å². The van der Waals surface area contributed by atoms with Crippen molar-refractivity contribution >= 4 is 10.0 Å². The number of benzene rings is 1. The summed E-state index contributed by atoms with van der Waals surface area (Å²) in [6, 6.07) is 9.66. The smallest absolute Gasteiger partial charge is 0.240 e. The van der Waals surface area contributed by atoms with Crippen molar-refractivity contribution in [3.8, 4) is 17.9 Å². The number of hydrogen-bond acceptors (Lipinski definition) is 6. The molecule has 0 heterocycles. The summed E-state index contributed by atoms with van der Waals surface area (Å²) in [5, 5.41) is 17.6. The quantitative estimate of drug-likeness (QED) is 0.752. The minimum atomic E-state index is -3.62. The number of allylic oxidation sites excluding steroid dienone is 2. The molecule has 0 spiro atoms. The van der Waals surface area contributed by atoms with Crippen LogP contribution in [0.2, 0.25) is 0 Å². The van der Waals surface area contributed by atoms with Crippen LogP contribution in [0.5, 0.6) is 5.75 Å². The van der Waals surface area contributed by atoms with Gasteiger partial charge in [0.1, 0.15) is 23.5 Å². The lowest BCUT2D eigenvalue weighted by Crippen LogP contribution is -2.32. The number of ether oxygens (including phenoxy) is 1. The van der Waals surface area contributed by atoms with E-state index in [1.807, 2.05) is 0 Å². The molecule has 0 unspecified atom stereocenters. The summed E-state index contributed by atoms with van der Waals surface area (Å²) >= 11 is 0. The van der Waals surface area contributed by atoms with E-state index in [2.05, 4.69) is 4.72 Å². The summed E-state index contributed by atoms with van der Waals surface area (Å²) in [5.74, 6) is 0.574. The number of hydrogen-bond donors (Lipinski definition) is 1. The SMILES string of the molecule is COc1ccc(S(=O)(=O)NCCN(C)C(C)=C(C#N)C#N)cc1. The van der Waals surface area contributed by atoms with Crippen LogP contribution in [0.3, 0.4) is 0 Å². The number of nitrogens with one attached hydrogen (secondary N) is 1. The third-order valence-corrected chi connectivity index (χ3v) is 4.74. The van der Waals surface area contributed by atoms with Crippen LogP contribution in [0, 0.1) is 22.7 Å². The largest absolute Gasteiger partial charge is 0.497 e. The number of methoxy groups -OCH3 is 1. The Hall–Kier alpha value is -2.55. The molecule has 0 fully saturated rings. The molecule has 0 aliphatic heterocycles. The predicted octanol–water partition coefficient (Wildman–Crippen LogP) is 1.23. The van der Waals surface area contributed by atoms with Gasteiger partial charge in [-0.25, -0.2) is 13.1 Å². The van der Waals surface area contributed by atoms with Gasteiger partial charge in [-0.1, -0.05) is 0 Å². The van der Waals surface area contributed by atoms with Gasteiger partial charge >= 0.3 is 0 Å². The summed E-state index contributed by atoms with van der Waals surface area (Å²) in [6.45, 7) is 2.11. The number of sulfonamides is 1. The van der Waals surface area contributed by atoms with Gasteiger partial charge in [0, 0.05) is 25.8 Å². The molecular weight excluding hydrogens is 316 g/mol. The Balaban J connectivity index is 2.69. The van der Waals surface area contributed by atoms with Crippen LogP contribution < -0.4 is 9.46 Å². The predicted molar refractivity (Wildman–Crippen MR) is 84.7 cm³/mol. The van der Waals surface area contributed by atoms with Crippen LogP contribution in [-0.2, 0) is 10.0 Å². The maximum atomic E-state index is 12.1. The van der Waals surface area contributed by atoms with E-state index in [4.69, 9.17) is 15.3 Å². The second kappa shape index (κ2) is 8.18. The normalized spacial score (nSPS) is 10.3. The molecule has 1 rings (SSSR count). The van der Waals surface area contributed by atoms with Crippen molar-refractivity contribution in [3.63, 3.8) is 0 Å². The second-order valence-electron chi connectivity index (χ2n) is 4.68. The molecule has 0 amide bonds. The highest BCUT2D eigenvalue weighted by Crippen LogP contribution is 2.15. The molecule has 1 aromatic rings. The monoisotopic (exact) mass is 334 g/mol. The molecule has 0 radical (unpaired) electrons. The molecule has 0 atom stereocenters. The first kappa shape index (κ1) is 18.5. The van der Waals surface area contributed by atoms with Crippen molar-refractivity contribution in [2.24, 2.45) is 0 Å². The zero-order valence-corrected chi connectivity index (χ0v) is 14.0. The Morgan fingerprint density at radius 3 is 2.30 bits per heavy atom. The maximum absolute atomic E-state index is 12.1. The summed E-state index contributed by atoms with van der Waals surface area (Å²) < 4.78 is 31.7. The lowest BCUT2D eigenvalue weighted by atomic mass is 10.2. The van der Waals surface area contributed by atoms with E-state index in [0.29, 0.717) is 18.0 Å². The fourth-order valence-corrected chi connectivity index (χ4v) is 2.75. The Morgan fingerprint density at radius 1 is 1.26 bits per heavy atom. The standard InChI is InChI=1S/C15H18N4O3S/c1-12(13(10-16)11-17)19(2)9-8-18-23(20,21)15-6-4-14(22-3)5-7-15/h4-7,18H,8-9H2,1-3H3. The lowest BCUT2D eigenvalue weighted by Gasteiger charge is -2.20. The Labute approximate surface area is 136 Å². The van der Waals surface area contributed by atoms with Gasteiger partial charge in [0.05, 0.1) is 12.0 Å². The second-order valence-corrected chi connectivity index (χ2v) is 6.45. The van der Waals surface area contributed by atoms with Crippen molar-refractivity contribution in [2.45, 2.75) is 11.8 Å². The van der Waals surface area contributed by atoms with Crippen LogP contribution in [0.1, 0.15) is 6.92 Å². The number of nitrogens with zero attached hydrogens (tertiary/aromatic N) is 3. The van der Waals surface area contributed by atoms with E-state index in [9.17, 15) is 8.42 Å². The number of rotatable bonds is 7. The van der Waals surface area contributed by atoms with Gasteiger partial charge in [-0.05, 0) is 31.2 Å². The van der Waals surface area contributed by atoms with E-state index < -0.39 is 10.0 Å². The van der Waals surface area contributed by atoms with E-state index in [-0.39, 0.29) is 17.0 Å². The summed E-state index contributed by atoms with van der Waals surface area (Å²) in [6.07, 6.45) is 0. The van der Waals surface area contributed by atoms with Crippen LogP contribution in [0.4, 0.5) is 0 Å². The van der Waals surface area contributed by atoms with E-state index in [1.165, 1.54) is 19.2 Å². The molecular formula is C15H18N4O3S. The van der Waals surface area contributed by atoms with Gasteiger partial charge in [-0.2, -0.15) is 10.5 Å². The zero-order chi connectivity index (χ0) is 17.5. The van der Waals surface area contributed by atoms with Gasteiger partial charge in [0.15, 0.2) is 0 Å². The minimum Gasteiger partial charge on any atom is -0.497 e. The molecule has 7 nitrogen and oxygen atoms in total. The summed E-state index contributed by atoms with van der Waals surface area (Å²) in [4.78, 5) is 1.79. The molecule has 0 bridgehead atoms. The highest BCUT2D eigenvalue weighted by atomic mass is 32.2. The highest BCUT2D eigenvalue weighted by molar-refractivity contribution is 7.89. The van der Waals surface area contributed by atoms with Crippen molar-refractivity contribution in [3.05, 3.63) is 35.5 Å². The van der Waals surface area contributed by atoms with Crippen LogP contribution >= 0.6 is 0 Å². The lowest BCUT2D eigenvalue weighted by molar-refractivity contribution is 0.414. The third kappa shape index (κ3) is 4.99. The van der Waals surface area contributed by atoms with Gasteiger partial charge < -0.3 is 9.64 Å². The van der Waals surface area contributed by atoms with E-state index >= 15 is 0 Å². The molecule has 122 valence electrons. The van der Waals surface area contributed by atoms with Gasteiger partial charge in [-0.15, -0.1) is 0 Å². The molecule has 0 saturated heterocycles. The molecule has 23 heavy (non-hydrogen) atoms. The molecule has 0 aromatic heterocycles. The van der Waals surface area contributed by atoms with E-state index in [0.717, 1.165) is 0 Å². The zero-order valence-electron chi connectivity index (χ0n) is 13.2. The fraction of sp³-hybridized carbons (Fsp3) is 0.333. The van der Waals surface area contributed by atoms with E-state index in [1.54, 1.807) is 43.1 Å². The number of likely N-dealkylation sites (N-methyl/N-ethyl adjacent to an activating group) is 1. The summed E-state index contributed by atoms with van der Waals surface area (Å²) in [7, 11) is -0.426. The topological polar surface area (TPSA) is 106 Å². The minimum absolute atomic E-state index is 0.00510. The Bertz CT molecular complexity index is 739. The van der Waals surface area contributed by atoms with Crippen molar-refractivity contribution in [2.75, 3.05) is 27.2 Å². The average Bonchev–Trinajstić information content (AvgIpc) is 2.55. The molecule has 1 N–H and O–H groups in total. The molecule has 0 aliphatic carbocycles. The maximum Gasteiger partial charge on any atom is 0.240 e. The van der Waals surface area contributed by atoms with Crippen molar-refractivity contribution in [1.82, 2.24) is 9.62 Å². The van der Waals surface area contributed by atoms with Crippen LogP contribution in [0.15, 0.2) is 40.4 Å². The highest BCUT2D eigenvalue weighted by Gasteiger charge is 2.14. The number of nitriles is 2. The molecule has 1 aromatic carbocycles. The van der Waals surface area contributed by atoms with Crippen LogP contribution in [0.25, 0.3) is 0 Å². The molecule has 0 aliphatic rings. The fourth-order valence-electron chi connectivity index (χ4n) is 1.73. The molecule has 0 saturated carbocycles.